The van der Waals surface area contributed by atoms with Crippen molar-refractivity contribution in [2.75, 3.05) is 13.2 Å². The van der Waals surface area contributed by atoms with E-state index < -0.39 is 5.97 Å². The van der Waals surface area contributed by atoms with Crippen LogP contribution in [0.2, 0.25) is 0 Å². The lowest BCUT2D eigenvalue weighted by Crippen LogP contribution is -2.15. The van der Waals surface area contributed by atoms with Crippen molar-refractivity contribution >= 4 is 17.3 Å². The number of hydrogen-bond acceptors (Lipinski definition) is 4. The first-order valence-electron chi connectivity index (χ1n) is 5.91. The van der Waals surface area contributed by atoms with Gasteiger partial charge in [-0.2, -0.15) is 0 Å². The van der Waals surface area contributed by atoms with Crippen LogP contribution in [0, 0.1) is 5.92 Å². The zero-order valence-corrected chi connectivity index (χ0v) is 10.7. The number of hydrogen-bond donors (Lipinski definition) is 1. The lowest BCUT2D eigenvalue weighted by molar-refractivity contribution is -0.141. The molecule has 0 bridgehead atoms. The summed E-state index contributed by atoms with van der Waals surface area (Å²) in [7, 11) is 0. The van der Waals surface area contributed by atoms with Crippen LogP contribution in [0.5, 0.6) is 0 Å². The molecule has 1 aromatic rings. The van der Waals surface area contributed by atoms with Crippen molar-refractivity contribution in [1.82, 2.24) is 4.98 Å². The van der Waals surface area contributed by atoms with Gasteiger partial charge in [0.15, 0.2) is 0 Å². The molecule has 1 aliphatic rings. The fourth-order valence-corrected chi connectivity index (χ4v) is 2.96. The Hall–Kier alpha value is -0.940. The van der Waals surface area contributed by atoms with Gasteiger partial charge in [0.05, 0.1) is 16.6 Å². The van der Waals surface area contributed by atoms with Crippen LogP contribution in [0.4, 0.5) is 0 Å². The molecule has 2 heterocycles. The summed E-state index contributed by atoms with van der Waals surface area (Å²) in [5.41, 5.74) is 1.12. The second-order valence-electron chi connectivity index (χ2n) is 4.50. The quantitative estimate of drug-likeness (QED) is 0.896. The van der Waals surface area contributed by atoms with E-state index in [9.17, 15) is 4.79 Å². The lowest BCUT2D eigenvalue weighted by atomic mass is 9.97. The second-order valence-corrected chi connectivity index (χ2v) is 5.44. The zero-order valence-electron chi connectivity index (χ0n) is 9.89. The largest absolute Gasteiger partial charge is 0.481 e. The third kappa shape index (κ3) is 3.26. The van der Waals surface area contributed by atoms with Crippen LogP contribution in [0.25, 0.3) is 0 Å². The van der Waals surface area contributed by atoms with Crippen LogP contribution in [0.15, 0.2) is 5.38 Å². The van der Waals surface area contributed by atoms with E-state index in [2.05, 4.69) is 10.4 Å². The van der Waals surface area contributed by atoms with Gasteiger partial charge in [0.2, 0.25) is 0 Å². The molecule has 0 aliphatic carbocycles. The van der Waals surface area contributed by atoms with E-state index >= 15 is 0 Å². The second kappa shape index (κ2) is 5.60. The molecule has 1 N–H and O–H groups in total. The predicted octanol–water partition coefficient (Wildman–Crippen LogP) is 2.30. The highest BCUT2D eigenvalue weighted by Gasteiger charge is 2.20. The van der Waals surface area contributed by atoms with Crippen LogP contribution >= 0.6 is 11.3 Å². The Bertz CT molecular complexity index is 385. The van der Waals surface area contributed by atoms with Gasteiger partial charge in [-0.15, -0.1) is 11.3 Å². The van der Waals surface area contributed by atoms with Gasteiger partial charge in [-0.3, -0.25) is 4.79 Å². The number of carboxylic acids is 1. The topological polar surface area (TPSA) is 59.4 Å². The third-order valence-electron chi connectivity index (χ3n) is 3.11. The Morgan fingerprint density at radius 1 is 1.65 bits per heavy atom. The van der Waals surface area contributed by atoms with E-state index in [-0.39, 0.29) is 5.92 Å². The Kier molecular flexibility index (Phi) is 4.12. The van der Waals surface area contributed by atoms with Crippen LogP contribution in [-0.2, 0) is 16.0 Å². The summed E-state index contributed by atoms with van der Waals surface area (Å²) in [6.07, 6.45) is 2.58. The highest BCUT2D eigenvalue weighted by atomic mass is 32.1. The molecule has 1 unspecified atom stereocenters. The average Bonchev–Trinajstić information content (AvgIpc) is 2.78. The Morgan fingerprint density at radius 3 is 3.00 bits per heavy atom. The van der Waals surface area contributed by atoms with Crippen LogP contribution in [0.1, 0.15) is 36.4 Å². The van der Waals surface area contributed by atoms with Crippen molar-refractivity contribution in [1.29, 1.82) is 0 Å². The maximum Gasteiger partial charge on any atom is 0.306 e. The van der Waals surface area contributed by atoms with Crippen molar-refractivity contribution in [3.8, 4) is 0 Å². The minimum atomic E-state index is -0.757. The van der Waals surface area contributed by atoms with Crippen molar-refractivity contribution in [3.05, 3.63) is 16.1 Å². The van der Waals surface area contributed by atoms with Crippen LogP contribution < -0.4 is 0 Å². The number of carboxylic acid groups (broad SMARTS) is 1. The van der Waals surface area contributed by atoms with Crippen molar-refractivity contribution in [2.45, 2.75) is 32.1 Å². The van der Waals surface area contributed by atoms with E-state index in [0.717, 1.165) is 36.8 Å². The molecule has 2 rings (SSSR count). The molecule has 0 amide bonds. The van der Waals surface area contributed by atoms with Gasteiger partial charge < -0.3 is 9.84 Å². The standard InChI is InChI=1S/C12H17NO3S/c1-8(12(14)15)6-11-13-10(7-17-11)9-2-4-16-5-3-9/h7-9H,2-6H2,1H3,(H,14,15). The SMILES string of the molecule is CC(Cc1nc(C2CCOCC2)cs1)C(=O)O. The van der Waals surface area contributed by atoms with Gasteiger partial charge >= 0.3 is 5.97 Å². The molecule has 0 aromatic carbocycles. The highest BCUT2D eigenvalue weighted by molar-refractivity contribution is 7.09. The molecular formula is C12H17NO3S. The summed E-state index contributed by atoms with van der Waals surface area (Å²) in [4.78, 5) is 15.3. The van der Waals surface area contributed by atoms with E-state index in [0.29, 0.717) is 12.3 Å². The fraction of sp³-hybridized carbons (Fsp3) is 0.667. The van der Waals surface area contributed by atoms with Gasteiger partial charge in [0, 0.05) is 30.9 Å². The van der Waals surface area contributed by atoms with Crippen LogP contribution in [0.3, 0.4) is 0 Å². The molecule has 0 saturated carbocycles. The van der Waals surface area contributed by atoms with E-state index in [1.54, 1.807) is 18.3 Å². The molecule has 5 heteroatoms. The van der Waals surface area contributed by atoms with Crippen LogP contribution in [-0.4, -0.2) is 29.3 Å². The highest BCUT2D eigenvalue weighted by Crippen LogP contribution is 2.28. The molecule has 0 radical (unpaired) electrons. The van der Waals surface area contributed by atoms with Gasteiger partial charge in [-0.1, -0.05) is 6.92 Å². The molecule has 1 saturated heterocycles. The summed E-state index contributed by atoms with van der Waals surface area (Å²) < 4.78 is 5.32. The summed E-state index contributed by atoms with van der Waals surface area (Å²) in [6, 6.07) is 0. The molecule has 17 heavy (non-hydrogen) atoms. The predicted molar refractivity (Wildman–Crippen MR) is 65.4 cm³/mol. The normalized spacial score (nSPS) is 19.1. The number of aliphatic carboxylic acids is 1. The minimum Gasteiger partial charge on any atom is -0.481 e. The fourth-order valence-electron chi connectivity index (χ4n) is 1.95. The van der Waals surface area contributed by atoms with E-state index in [1.807, 2.05) is 0 Å². The monoisotopic (exact) mass is 255 g/mol. The van der Waals surface area contributed by atoms with Crippen molar-refractivity contribution in [3.63, 3.8) is 0 Å². The number of nitrogens with zero attached hydrogens (tertiary/aromatic N) is 1. The smallest absolute Gasteiger partial charge is 0.306 e. The molecule has 0 spiro atoms. The first kappa shape index (κ1) is 12.5. The van der Waals surface area contributed by atoms with Gasteiger partial charge in [-0.05, 0) is 12.8 Å². The zero-order chi connectivity index (χ0) is 12.3. The molecule has 1 atom stereocenters. The van der Waals surface area contributed by atoms with Crippen molar-refractivity contribution < 1.29 is 14.6 Å². The molecule has 94 valence electrons. The molecular weight excluding hydrogens is 238 g/mol. The number of aromatic nitrogens is 1. The number of ether oxygens (including phenoxy) is 1. The number of thiazole rings is 1. The Labute approximate surface area is 105 Å². The van der Waals surface area contributed by atoms with Gasteiger partial charge in [0.1, 0.15) is 0 Å². The number of carbonyl (C=O) groups is 1. The third-order valence-corrected chi connectivity index (χ3v) is 4.00. The molecule has 1 aliphatic heterocycles. The van der Waals surface area contributed by atoms with Crippen molar-refractivity contribution in [2.24, 2.45) is 5.92 Å². The minimum absolute atomic E-state index is 0.358. The first-order valence-corrected chi connectivity index (χ1v) is 6.79. The first-order chi connectivity index (χ1) is 8.16. The Balaban J connectivity index is 1.97. The van der Waals surface area contributed by atoms with E-state index in [1.165, 1.54) is 0 Å². The summed E-state index contributed by atoms with van der Waals surface area (Å²) in [6.45, 7) is 3.34. The number of rotatable bonds is 4. The molecule has 1 aromatic heterocycles. The molecule has 1 fully saturated rings. The van der Waals surface area contributed by atoms with Gasteiger partial charge in [-0.25, -0.2) is 4.98 Å². The van der Waals surface area contributed by atoms with E-state index in [4.69, 9.17) is 9.84 Å². The lowest BCUT2D eigenvalue weighted by Gasteiger charge is -2.20. The maximum absolute atomic E-state index is 10.8. The summed E-state index contributed by atoms with van der Waals surface area (Å²) in [5.74, 6) is -0.620. The molecule has 4 nitrogen and oxygen atoms in total. The Morgan fingerprint density at radius 2 is 2.35 bits per heavy atom. The summed E-state index contributed by atoms with van der Waals surface area (Å²) in [5, 5.41) is 11.9. The average molecular weight is 255 g/mol. The maximum atomic E-state index is 10.8. The van der Waals surface area contributed by atoms with Gasteiger partial charge in [0.25, 0.3) is 0 Å². The summed E-state index contributed by atoms with van der Waals surface area (Å²) >= 11 is 1.57.